The van der Waals surface area contributed by atoms with E-state index < -0.39 is 0 Å². The molecule has 1 saturated carbocycles. The zero-order valence-electron chi connectivity index (χ0n) is 11.6. The summed E-state index contributed by atoms with van der Waals surface area (Å²) < 4.78 is 0. The summed E-state index contributed by atoms with van der Waals surface area (Å²) in [5.41, 5.74) is 0.775. The Labute approximate surface area is 99.6 Å². The fraction of sp³-hybridized carbons (Fsp3) is 0.923. The van der Waals surface area contributed by atoms with Crippen molar-refractivity contribution in [2.45, 2.75) is 46.6 Å². The fourth-order valence-corrected chi connectivity index (χ4v) is 2.42. The van der Waals surface area contributed by atoms with Gasteiger partial charge in [0.15, 0.2) is 0 Å². The second-order valence-electron chi connectivity index (χ2n) is 6.22. The number of nitrogens with zero attached hydrogens (tertiary/aromatic N) is 1. The highest BCUT2D eigenvalue weighted by molar-refractivity contribution is 5.75. The normalized spacial score (nSPS) is 21.9. The Kier molecular flexibility index (Phi) is 3.68. The number of carbonyl (C=O) groups is 1. The lowest BCUT2D eigenvalue weighted by Crippen LogP contribution is -2.26. The molecule has 0 aromatic heterocycles. The largest absolute Gasteiger partial charge is 0.349 e. The molecule has 0 spiro atoms. The second-order valence-corrected chi connectivity index (χ2v) is 6.22. The van der Waals surface area contributed by atoms with Crippen molar-refractivity contribution >= 4 is 5.91 Å². The van der Waals surface area contributed by atoms with Gasteiger partial charge in [-0.2, -0.15) is 0 Å². The van der Waals surface area contributed by atoms with Crippen molar-refractivity contribution in [1.29, 1.82) is 0 Å². The molecular weight excluding hydrogens is 200 g/mol. The maximum atomic E-state index is 11.4. The van der Waals surface area contributed by atoms with Crippen LogP contribution in [0.3, 0.4) is 0 Å². The summed E-state index contributed by atoms with van der Waals surface area (Å²) in [6.45, 7) is 10.1. The highest BCUT2D eigenvalue weighted by atomic mass is 16.2. The van der Waals surface area contributed by atoms with Crippen LogP contribution < -0.4 is 5.32 Å². The van der Waals surface area contributed by atoms with Crippen LogP contribution in [0.5, 0.6) is 0 Å². The summed E-state index contributed by atoms with van der Waals surface area (Å²) in [5, 5.41) is 3.56. The van der Waals surface area contributed by atoms with Gasteiger partial charge in [-0.3, -0.25) is 4.79 Å². The average molecular weight is 226 g/mol. The lowest BCUT2D eigenvalue weighted by molar-refractivity contribution is -0.128. The third kappa shape index (κ3) is 2.40. The quantitative estimate of drug-likeness (QED) is 0.726. The first-order valence-electron chi connectivity index (χ1n) is 6.15. The van der Waals surface area contributed by atoms with Crippen molar-refractivity contribution in [1.82, 2.24) is 10.2 Å². The predicted octanol–water partition coefficient (Wildman–Crippen LogP) is 1.88. The zero-order chi connectivity index (χ0) is 12.6. The molecule has 1 rings (SSSR count). The monoisotopic (exact) mass is 226 g/mol. The summed E-state index contributed by atoms with van der Waals surface area (Å²) in [7, 11) is 3.62. The van der Waals surface area contributed by atoms with Gasteiger partial charge in [-0.05, 0) is 23.8 Å². The zero-order valence-corrected chi connectivity index (χ0v) is 11.6. The van der Waals surface area contributed by atoms with Crippen LogP contribution >= 0.6 is 0 Å². The van der Waals surface area contributed by atoms with E-state index in [4.69, 9.17) is 0 Å². The minimum absolute atomic E-state index is 0.219. The standard InChI is InChI=1S/C13H26N2O/c1-12(2)11(13(12,3)4)14-9-7-8-10(16)15(5)6/h11,14H,7-9H2,1-6H3. The van der Waals surface area contributed by atoms with E-state index in [2.05, 4.69) is 33.0 Å². The molecule has 3 nitrogen and oxygen atoms in total. The first kappa shape index (κ1) is 13.5. The highest BCUT2D eigenvalue weighted by Gasteiger charge is 2.64. The van der Waals surface area contributed by atoms with Gasteiger partial charge in [0.05, 0.1) is 0 Å². The fourth-order valence-electron chi connectivity index (χ4n) is 2.42. The molecule has 1 N–H and O–H groups in total. The molecule has 0 unspecified atom stereocenters. The molecule has 0 radical (unpaired) electrons. The van der Waals surface area contributed by atoms with Crippen LogP contribution in [0.1, 0.15) is 40.5 Å². The van der Waals surface area contributed by atoms with Gasteiger partial charge in [0, 0.05) is 26.6 Å². The number of hydrogen-bond donors (Lipinski definition) is 1. The summed E-state index contributed by atoms with van der Waals surface area (Å²) in [6.07, 6.45) is 1.58. The Morgan fingerprint density at radius 2 is 1.69 bits per heavy atom. The smallest absolute Gasteiger partial charge is 0.222 e. The molecular formula is C13H26N2O. The maximum absolute atomic E-state index is 11.4. The molecule has 1 amide bonds. The van der Waals surface area contributed by atoms with E-state index in [0.717, 1.165) is 13.0 Å². The van der Waals surface area contributed by atoms with Crippen molar-refractivity contribution in [3.8, 4) is 0 Å². The number of nitrogens with one attached hydrogen (secondary N) is 1. The first-order chi connectivity index (χ1) is 7.21. The van der Waals surface area contributed by atoms with Crippen molar-refractivity contribution in [2.24, 2.45) is 10.8 Å². The van der Waals surface area contributed by atoms with E-state index in [0.29, 0.717) is 23.3 Å². The topological polar surface area (TPSA) is 32.3 Å². The average Bonchev–Trinajstić information content (AvgIpc) is 2.53. The molecule has 0 heterocycles. The van der Waals surface area contributed by atoms with Crippen molar-refractivity contribution in [3.63, 3.8) is 0 Å². The highest BCUT2D eigenvalue weighted by Crippen LogP contribution is 2.62. The number of rotatable bonds is 5. The van der Waals surface area contributed by atoms with Crippen LogP contribution in [0.4, 0.5) is 0 Å². The van der Waals surface area contributed by atoms with Gasteiger partial charge in [0.2, 0.25) is 5.91 Å². The minimum Gasteiger partial charge on any atom is -0.349 e. The predicted molar refractivity (Wildman–Crippen MR) is 67.3 cm³/mol. The Bertz CT molecular complexity index is 255. The summed E-state index contributed by atoms with van der Waals surface area (Å²) in [4.78, 5) is 13.0. The molecule has 1 aliphatic rings. The summed E-state index contributed by atoms with van der Waals surface area (Å²) in [6, 6.07) is 0.592. The first-order valence-corrected chi connectivity index (χ1v) is 6.15. The van der Waals surface area contributed by atoms with Crippen LogP contribution in [-0.4, -0.2) is 37.5 Å². The van der Waals surface area contributed by atoms with Crippen LogP contribution in [0, 0.1) is 10.8 Å². The third-order valence-corrected chi connectivity index (χ3v) is 4.44. The van der Waals surface area contributed by atoms with E-state index in [1.165, 1.54) is 0 Å². The molecule has 0 aromatic carbocycles. The maximum Gasteiger partial charge on any atom is 0.222 e. The Morgan fingerprint density at radius 3 is 2.06 bits per heavy atom. The van der Waals surface area contributed by atoms with Crippen LogP contribution in [-0.2, 0) is 4.79 Å². The Morgan fingerprint density at radius 1 is 1.19 bits per heavy atom. The van der Waals surface area contributed by atoms with E-state index in [9.17, 15) is 4.79 Å². The molecule has 0 aromatic rings. The Balaban J connectivity index is 2.17. The van der Waals surface area contributed by atoms with Crippen molar-refractivity contribution in [3.05, 3.63) is 0 Å². The van der Waals surface area contributed by atoms with Crippen molar-refractivity contribution < 1.29 is 4.79 Å². The van der Waals surface area contributed by atoms with E-state index >= 15 is 0 Å². The van der Waals surface area contributed by atoms with E-state index in [1.807, 2.05) is 14.1 Å². The van der Waals surface area contributed by atoms with Crippen LogP contribution in [0.15, 0.2) is 0 Å². The molecule has 1 fully saturated rings. The number of hydrogen-bond acceptors (Lipinski definition) is 2. The molecule has 0 saturated heterocycles. The molecule has 16 heavy (non-hydrogen) atoms. The second kappa shape index (κ2) is 4.36. The summed E-state index contributed by atoms with van der Waals surface area (Å²) in [5.74, 6) is 0.219. The van der Waals surface area contributed by atoms with Gasteiger partial charge >= 0.3 is 0 Å². The van der Waals surface area contributed by atoms with Crippen molar-refractivity contribution in [2.75, 3.05) is 20.6 Å². The van der Waals surface area contributed by atoms with Crippen LogP contribution in [0.25, 0.3) is 0 Å². The lowest BCUT2D eigenvalue weighted by Gasteiger charge is -2.10. The van der Waals surface area contributed by atoms with Gasteiger partial charge in [0.25, 0.3) is 0 Å². The molecule has 94 valence electrons. The Hall–Kier alpha value is -0.570. The molecule has 1 aliphatic carbocycles. The van der Waals surface area contributed by atoms with Gasteiger partial charge in [0.1, 0.15) is 0 Å². The minimum atomic E-state index is 0.219. The SMILES string of the molecule is CN(C)C(=O)CCCNC1C(C)(C)C1(C)C. The van der Waals surface area contributed by atoms with Gasteiger partial charge in [-0.1, -0.05) is 27.7 Å². The van der Waals surface area contributed by atoms with Gasteiger partial charge < -0.3 is 10.2 Å². The molecule has 0 aliphatic heterocycles. The summed E-state index contributed by atoms with van der Waals surface area (Å²) >= 11 is 0. The van der Waals surface area contributed by atoms with E-state index in [1.54, 1.807) is 4.90 Å². The van der Waals surface area contributed by atoms with E-state index in [-0.39, 0.29) is 5.91 Å². The number of amides is 1. The molecule has 3 heteroatoms. The van der Waals surface area contributed by atoms with Gasteiger partial charge in [-0.15, -0.1) is 0 Å². The van der Waals surface area contributed by atoms with Crippen LogP contribution in [0.2, 0.25) is 0 Å². The third-order valence-electron chi connectivity index (χ3n) is 4.44. The molecule has 0 bridgehead atoms. The molecule has 0 atom stereocenters. The van der Waals surface area contributed by atoms with Gasteiger partial charge in [-0.25, -0.2) is 0 Å². The number of carbonyl (C=O) groups excluding carboxylic acids is 1. The lowest BCUT2D eigenvalue weighted by atomic mass is 10.0.